The zero-order valence-corrected chi connectivity index (χ0v) is 15.7. The highest BCUT2D eigenvalue weighted by atomic mass is 35.5. The van der Waals surface area contributed by atoms with Gasteiger partial charge in [-0.15, -0.1) is 0 Å². The van der Waals surface area contributed by atoms with Gasteiger partial charge >= 0.3 is 5.69 Å². The Hall–Kier alpha value is -3.30. The van der Waals surface area contributed by atoms with Crippen LogP contribution in [-0.4, -0.2) is 25.4 Å². The van der Waals surface area contributed by atoms with Crippen LogP contribution in [0, 0.1) is 11.6 Å². The number of halogens is 4. The molecule has 0 unspecified atom stereocenters. The van der Waals surface area contributed by atoms with Gasteiger partial charge in [0, 0.05) is 5.56 Å². The van der Waals surface area contributed by atoms with Crippen LogP contribution < -0.4 is 11.4 Å². The van der Waals surface area contributed by atoms with E-state index in [-0.39, 0.29) is 38.3 Å². The van der Waals surface area contributed by atoms with Crippen molar-refractivity contribution in [2.24, 2.45) is 5.73 Å². The first-order valence-corrected chi connectivity index (χ1v) is 8.75. The summed E-state index contributed by atoms with van der Waals surface area (Å²) in [7, 11) is 0. The standard InChI is InChI=1S/C18H9Cl2F2N5O2/c19-9-3-2-8(6-10(9)20)27-17-14(25-18(27)29)13(15(23)28)24-16(26-17)7-1-4-11(21)12(22)5-7/h1-6H,(H2,23,28)(H,25,29). The number of aromatic nitrogens is 4. The molecule has 4 aromatic rings. The molecule has 0 fully saturated rings. The number of primary amides is 1. The first kappa shape index (κ1) is 19.0. The number of amides is 1. The molecule has 0 saturated carbocycles. The van der Waals surface area contributed by atoms with E-state index >= 15 is 0 Å². The Morgan fingerprint density at radius 3 is 2.45 bits per heavy atom. The molecule has 0 spiro atoms. The van der Waals surface area contributed by atoms with Crippen LogP contribution in [0.25, 0.3) is 28.2 Å². The lowest BCUT2D eigenvalue weighted by Crippen LogP contribution is -2.15. The number of aromatic amines is 1. The minimum atomic E-state index is -1.12. The van der Waals surface area contributed by atoms with Crippen molar-refractivity contribution in [3.05, 3.63) is 74.3 Å². The first-order valence-electron chi connectivity index (χ1n) is 7.99. The van der Waals surface area contributed by atoms with Crippen molar-refractivity contribution in [1.82, 2.24) is 19.5 Å². The Bertz CT molecular complexity index is 1370. The third-order valence-electron chi connectivity index (χ3n) is 4.11. The van der Waals surface area contributed by atoms with Crippen molar-refractivity contribution in [3.63, 3.8) is 0 Å². The average molecular weight is 436 g/mol. The molecule has 1 amide bonds. The number of nitrogens with one attached hydrogen (secondary N) is 1. The molecule has 0 saturated heterocycles. The van der Waals surface area contributed by atoms with Crippen LogP contribution in [0.4, 0.5) is 8.78 Å². The number of H-pyrrole nitrogens is 1. The number of carbonyl (C=O) groups is 1. The number of fused-ring (bicyclic) bond motifs is 1. The van der Waals surface area contributed by atoms with Crippen LogP contribution in [0.1, 0.15) is 10.5 Å². The summed E-state index contributed by atoms with van der Waals surface area (Å²) in [5, 5.41) is 0.466. The second-order valence-corrected chi connectivity index (χ2v) is 6.77. The minimum absolute atomic E-state index is 0.00285. The second-order valence-electron chi connectivity index (χ2n) is 5.95. The highest BCUT2D eigenvalue weighted by Crippen LogP contribution is 2.27. The molecule has 0 atom stereocenters. The maximum absolute atomic E-state index is 13.7. The van der Waals surface area contributed by atoms with E-state index < -0.39 is 23.2 Å². The fourth-order valence-electron chi connectivity index (χ4n) is 2.79. The van der Waals surface area contributed by atoms with Crippen LogP contribution in [0.2, 0.25) is 10.0 Å². The van der Waals surface area contributed by atoms with E-state index in [0.29, 0.717) is 5.69 Å². The fraction of sp³-hybridized carbons (Fsp3) is 0. The molecule has 0 bridgehead atoms. The fourth-order valence-corrected chi connectivity index (χ4v) is 3.08. The van der Waals surface area contributed by atoms with Crippen molar-refractivity contribution in [2.45, 2.75) is 0 Å². The van der Waals surface area contributed by atoms with Crippen LogP contribution in [-0.2, 0) is 0 Å². The van der Waals surface area contributed by atoms with Gasteiger partial charge in [0.2, 0.25) is 0 Å². The summed E-state index contributed by atoms with van der Waals surface area (Å²) in [6.07, 6.45) is 0. The highest BCUT2D eigenvalue weighted by molar-refractivity contribution is 6.42. The first-order chi connectivity index (χ1) is 13.8. The van der Waals surface area contributed by atoms with Crippen molar-refractivity contribution in [3.8, 4) is 17.1 Å². The van der Waals surface area contributed by atoms with Gasteiger partial charge in [-0.25, -0.2) is 28.1 Å². The van der Waals surface area contributed by atoms with Crippen LogP contribution in [0.3, 0.4) is 0 Å². The van der Waals surface area contributed by atoms with Crippen molar-refractivity contribution in [2.75, 3.05) is 0 Å². The van der Waals surface area contributed by atoms with Crippen LogP contribution in [0.15, 0.2) is 41.2 Å². The summed E-state index contributed by atoms with van der Waals surface area (Å²) in [5.74, 6) is -3.25. The third-order valence-corrected chi connectivity index (χ3v) is 4.85. The summed E-state index contributed by atoms with van der Waals surface area (Å²) in [6.45, 7) is 0. The molecule has 0 aliphatic heterocycles. The zero-order valence-electron chi connectivity index (χ0n) is 14.2. The highest BCUT2D eigenvalue weighted by Gasteiger charge is 2.21. The molecule has 0 aliphatic carbocycles. The quantitative estimate of drug-likeness (QED) is 0.513. The van der Waals surface area contributed by atoms with E-state index in [1.807, 2.05) is 0 Å². The number of imidazole rings is 1. The third kappa shape index (κ3) is 3.24. The molecular weight excluding hydrogens is 427 g/mol. The van der Waals surface area contributed by atoms with Gasteiger partial charge in [0.1, 0.15) is 5.52 Å². The molecule has 3 N–H and O–H groups in total. The number of hydrogen-bond donors (Lipinski definition) is 2. The Morgan fingerprint density at radius 1 is 1.03 bits per heavy atom. The molecule has 0 aliphatic rings. The van der Waals surface area contributed by atoms with Gasteiger partial charge in [-0.05, 0) is 36.4 Å². The predicted octanol–water partition coefficient (Wildman–Crippen LogP) is 3.46. The van der Waals surface area contributed by atoms with Gasteiger partial charge < -0.3 is 10.7 Å². The molecule has 146 valence electrons. The monoisotopic (exact) mass is 435 g/mol. The topological polar surface area (TPSA) is 107 Å². The lowest BCUT2D eigenvalue weighted by Gasteiger charge is -2.07. The van der Waals surface area contributed by atoms with Gasteiger partial charge in [0.15, 0.2) is 28.8 Å². The van der Waals surface area contributed by atoms with Crippen molar-refractivity contribution < 1.29 is 13.6 Å². The lowest BCUT2D eigenvalue weighted by atomic mass is 10.2. The molecule has 2 aromatic heterocycles. The molecule has 4 rings (SSSR count). The average Bonchev–Trinajstić information content (AvgIpc) is 3.01. The largest absolute Gasteiger partial charge is 0.364 e. The molecule has 0 radical (unpaired) electrons. The molecule has 29 heavy (non-hydrogen) atoms. The smallest absolute Gasteiger partial charge is 0.332 e. The van der Waals surface area contributed by atoms with E-state index in [4.69, 9.17) is 28.9 Å². The van der Waals surface area contributed by atoms with Crippen molar-refractivity contribution >= 4 is 40.3 Å². The molecular formula is C18H9Cl2F2N5O2. The van der Waals surface area contributed by atoms with E-state index in [1.54, 1.807) is 0 Å². The van der Waals surface area contributed by atoms with E-state index in [9.17, 15) is 18.4 Å². The van der Waals surface area contributed by atoms with E-state index in [1.165, 1.54) is 24.3 Å². The Kier molecular flexibility index (Phi) is 4.56. The summed E-state index contributed by atoms with van der Waals surface area (Å²) >= 11 is 12.0. The van der Waals surface area contributed by atoms with Gasteiger partial charge in [-0.1, -0.05) is 23.2 Å². The maximum atomic E-state index is 13.7. The molecule has 2 heterocycles. The maximum Gasteiger partial charge on any atom is 0.332 e. The summed E-state index contributed by atoms with van der Waals surface area (Å²) in [5.41, 5.74) is 4.84. The number of hydrogen-bond acceptors (Lipinski definition) is 4. The van der Waals surface area contributed by atoms with Crippen LogP contribution in [0.5, 0.6) is 0 Å². The predicted molar refractivity (Wildman–Crippen MR) is 103 cm³/mol. The summed E-state index contributed by atoms with van der Waals surface area (Å²) in [4.78, 5) is 35.2. The van der Waals surface area contributed by atoms with Crippen molar-refractivity contribution in [1.29, 1.82) is 0 Å². The van der Waals surface area contributed by atoms with Gasteiger partial charge in [-0.2, -0.15) is 0 Å². The molecule has 2 aromatic carbocycles. The zero-order chi connectivity index (χ0) is 20.9. The van der Waals surface area contributed by atoms with E-state index in [2.05, 4.69) is 15.0 Å². The normalized spacial score (nSPS) is 11.2. The molecule has 7 nitrogen and oxygen atoms in total. The van der Waals surface area contributed by atoms with Gasteiger partial charge in [-0.3, -0.25) is 4.79 Å². The number of carbonyl (C=O) groups excluding carboxylic acids is 1. The second kappa shape index (κ2) is 6.94. The Labute approximate surface area is 170 Å². The molecule has 11 heteroatoms. The number of nitrogens with zero attached hydrogens (tertiary/aromatic N) is 3. The lowest BCUT2D eigenvalue weighted by molar-refractivity contribution is 0.0997. The Morgan fingerprint density at radius 2 is 1.79 bits per heavy atom. The number of benzene rings is 2. The van der Waals surface area contributed by atoms with E-state index in [0.717, 1.165) is 16.7 Å². The van der Waals surface area contributed by atoms with Gasteiger partial charge in [0.25, 0.3) is 5.91 Å². The Balaban J connectivity index is 2.05. The number of rotatable bonds is 3. The van der Waals surface area contributed by atoms with Crippen LogP contribution >= 0.6 is 23.2 Å². The summed E-state index contributed by atoms with van der Waals surface area (Å²) < 4.78 is 28.1. The SMILES string of the molecule is NC(=O)c1nc(-c2ccc(F)c(F)c2)nc2c1[nH]c(=O)n2-c1ccc(Cl)c(Cl)c1. The van der Waals surface area contributed by atoms with Gasteiger partial charge in [0.05, 0.1) is 15.7 Å². The summed E-state index contributed by atoms with van der Waals surface area (Å²) in [6, 6.07) is 7.43. The minimum Gasteiger partial charge on any atom is -0.364 e. The number of nitrogens with two attached hydrogens (primary N) is 1.